The van der Waals surface area contributed by atoms with Gasteiger partial charge in [0, 0.05) is 404 Å². The van der Waals surface area contributed by atoms with Crippen molar-refractivity contribution in [2.45, 2.75) is 106 Å². The number of aryl methyl sites for hydroxylation is 2. The van der Waals surface area contributed by atoms with Crippen LogP contribution < -0.4 is 21.7 Å². The van der Waals surface area contributed by atoms with Crippen LogP contribution in [0.1, 0.15) is 125 Å². The Labute approximate surface area is 740 Å². The number of hydrogen-bond acceptors (Lipinski definition) is 12. The molecule has 52 heteroatoms. The number of allylic oxidation sites excluding steroid dienone is 2. The number of carbonyl (C=O) groups excluding carboxylic acids is 2. The summed E-state index contributed by atoms with van der Waals surface area (Å²) in [6, 6.07) is 15.2. The van der Waals surface area contributed by atoms with Crippen molar-refractivity contribution in [2.75, 3.05) is 46.9 Å². The van der Waals surface area contributed by atoms with Crippen LogP contribution in [-0.2, 0) is 387 Å². The SMILES string of the molecule is CCOC(=O)C1=C(C)N(C)c2nc3c(c(N)c2C1c1ccccc1Cl)CC(C)(C)CC3.CCOC(=O)C1=C(C)Nc2nc3c(c(N)c2C1c1ccccc1Cl)CC(C)(C)CC3.CI.S.S=S=S=S=S=S=S=S=S=S=S=S=S=S=S=S=S=S=S=S=S=S=S=S=S=S=S=S=S=S=S=S=S=S=S=S=S=S. The van der Waals surface area contributed by atoms with Gasteiger partial charge in [0.05, 0.1) is 36.2 Å². The van der Waals surface area contributed by atoms with Gasteiger partial charge in [-0.2, -0.15) is 13.5 Å². The number of rotatable bonds is 6. The van der Waals surface area contributed by atoms with E-state index in [1.807, 2.05) is 282 Å². The number of aromatic nitrogens is 2. The summed E-state index contributed by atoms with van der Waals surface area (Å²) in [5.41, 5.74) is 25.7. The predicted octanol–water partition coefficient (Wildman–Crippen LogP) is 11.6. The summed E-state index contributed by atoms with van der Waals surface area (Å²) >= 11 is 25.0. The van der Waals surface area contributed by atoms with Crippen molar-refractivity contribution in [3.05, 3.63) is 126 Å². The van der Waals surface area contributed by atoms with Gasteiger partial charge >= 0.3 is 11.9 Å². The topological polar surface area (TPSA) is 146 Å². The number of carbonyl (C=O) groups is 2. The summed E-state index contributed by atoms with van der Waals surface area (Å²) in [6.45, 7) is 17.1. The molecule has 0 saturated heterocycles. The molecule has 2 aromatic carbocycles. The van der Waals surface area contributed by atoms with Gasteiger partial charge in [0.25, 0.3) is 0 Å². The van der Waals surface area contributed by atoms with Gasteiger partial charge in [-0.05, 0) is 116 Å². The molecular formula is C50H63Cl2IN6O4S39. The first-order chi connectivity index (χ1) is 48.8. The standard InChI is InChI=1S/C25H30ClN3O2.C24H28ClN3O2.CH3I.S38.H2S/c1-6-31-24(30)19-14(2)29(5)23-21(20(19)15-9-7-8-10-17(15)26)22(27)16-13-25(3,4)12-11-18(16)28-23;1-5-30-23(29)18-13(2)27-22-20(19(18)14-8-6-7-9-16(14)25)21(26)15-12-24(3,4)11-10-17(15)28-22;1-2;1-3-5-7-9-11-13-15-17-19-21-23-25-27-29-31-33-35-37-38-36-34-32-30-28-26-24-22-20-18-16-14-12-10-8-6-4-2;/h7-10,20H,6,11-13H2,1-5H3,(H2,27,28);6-9,19H,5,10-12H2,1-4H3,(H3,26,27,28);1H3;;1H2. The molecule has 0 spiro atoms. The normalized spacial score (nSPS) is 14.7. The third-order valence-electron chi connectivity index (χ3n) is 13.8. The van der Waals surface area contributed by atoms with Crippen molar-refractivity contribution < 1.29 is 19.1 Å². The number of nitrogens with zero attached hydrogens (tertiary/aromatic N) is 3. The maximum absolute atomic E-state index is 13.2. The second-order valence-corrected chi connectivity index (χ2v) is 85.1. The van der Waals surface area contributed by atoms with Crippen molar-refractivity contribution >= 4 is 436 Å². The Morgan fingerprint density at radius 2 is 0.833 bits per heavy atom. The highest BCUT2D eigenvalue weighted by atomic mass is 127. The fraction of sp³-hybridized carbons (Fsp3) is 0.440. The van der Waals surface area contributed by atoms with Crippen molar-refractivity contribution in [1.82, 2.24) is 9.97 Å². The van der Waals surface area contributed by atoms with Crippen LogP contribution in [0.25, 0.3) is 0 Å². The van der Waals surface area contributed by atoms with E-state index in [0.717, 1.165) is 100 Å². The van der Waals surface area contributed by atoms with Crippen LogP contribution in [0.4, 0.5) is 23.0 Å². The van der Waals surface area contributed by atoms with E-state index in [2.05, 4.69) is 55.6 Å². The molecule has 2 aliphatic carbocycles. The number of nitrogens with one attached hydrogen (secondary N) is 1. The van der Waals surface area contributed by atoms with E-state index in [9.17, 15) is 9.59 Å². The first-order valence-corrected chi connectivity index (χ1v) is 80.1. The highest BCUT2D eigenvalue weighted by molar-refractivity contribution is 14.1. The highest BCUT2D eigenvalue weighted by Crippen LogP contribution is 2.52. The number of alkyl halides is 1. The number of esters is 2. The second kappa shape index (κ2) is 56.6. The Bertz CT molecular complexity index is 5550. The van der Waals surface area contributed by atoms with Crippen LogP contribution in [0.2, 0.25) is 10.0 Å². The predicted molar refractivity (Wildman–Crippen MR) is 556 cm³/mol. The van der Waals surface area contributed by atoms with Gasteiger partial charge in [-0.1, -0.05) is 110 Å². The summed E-state index contributed by atoms with van der Waals surface area (Å²) in [4.78, 5) is 40.1. The first kappa shape index (κ1) is 98.7. The van der Waals surface area contributed by atoms with Crippen molar-refractivity contribution in [2.24, 2.45) is 10.8 Å². The molecule has 0 bridgehead atoms. The zero-order valence-corrected chi connectivity index (χ0v) is 89.9. The molecule has 0 fully saturated rings. The Morgan fingerprint density at radius 3 is 1.17 bits per heavy atom. The maximum atomic E-state index is 13.2. The lowest BCUT2D eigenvalue weighted by Gasteiger charge is -2.39. The van der Waals surface area contributed by atoms with Gasteiger partial charge in [0.15, 0.2) is 0 Å². The molecular weight excluding hydrogens is 2200 g/mol. The van der Waals surface area contributed by atoms with Crippen LogP contribution in [0.3, 0.4) is 0 Å². The fourth-order valence-corrected chi connectivity index (χ4v) is 104. The summed E-state index contributed by atoms with van der Waals surface area (Å²) in [7, 11) is 65.7. The third-order valence-corrected chi connectivity index (χ3v) is 92.2. The summed E-state index contributed by atoms with van der Waals surface area (Å²) in [6.07, 6.45) is 5.67. The lowest BCUT2D eigenvalue weighted by atomic mass is 9.73. The zero-order valence-electron chi connectivity index (χ0n) is 54.2. The second-order valence-electron chi connectivity index (χ2n) is 20.6. The number of nitrogen functional groups attached to an aromatic ring is 2. The quantitative estimate of drug-likeness (QED) is 0.0960. The highest BCUT2D eigenvalue weighted by Gasteiger charge is 2.42. The Morgan fingerprint density at radius 1 is 0.529 bits per heavy atom. The molecule has 2 aliphatic heterocycles. The van der Waals surface area contributed by atoms with Crippen molar-refractivity contribution in [1.29, 1.82) is 0 Å². The van der Waals surface area contributed by atoms with Gasteiger partial charge in [-0.3, -0.25) is 0 Å². The van der Waals surface area contributed by atoms with Crippen LogP contribution in [0.5, 0.6) is 0 Å². The molecule has 102 heavy (non-hydrogen) atoms. The molecule has 5 N–H and O–H groups in total. The molecule has 4 aromatic rings. The first-order valence-electron chi connectivity index (χ1n) is 27.8. The number of pyridine rings is 2. The minimum atomic E-state index is -0.433. The van der Waals surface area contributed by atoms with Crippen molar-refractivity contribution in [3.63, 3.8) is 0 Å². The minimum Gasteiger partial charge on any atom is -0.463 e. The number of halogens is 3. The average molecular weight is 2260 g/mol. The largest absolute Gasteiger partial charge is 0.463 e. The number of ether oxygens (including phenoxy) is 2. The summed E-state index contributed by atoms with van der Waals surface area (Å²) < 4.78 is 10.9. The van der Waals surface area contributed by atoms with Gasteiger partial charge in [-0.15, -0.1) is 0 Å². The molecule has 2 unspecified atom stereocenters. The van der Waals surface area contributed by atoms with E-state index in [4.69, 9.17) is 76.5 Å². The number of fused-ring (bicyclic) bond motifs is 4. The molecule has 8 rings (SSSR count). The molecule has 0 amide bonds. The number of benzene rings is 2. The van der Waals surface area contributed by atoms with Gasteiger partial charge in [0.2, 0.25) is 0 Å². The van der Waals surface area contributed by atoms with Crippen molar-refractivity contribution in [3.8, 4) is 0 Å². The zero-order chi connectivity index (χ0) is 73.6. The Balaban J connectivity index is 0.000000320. The molecule has 0 saturated carbocycles. The van der Waals surface area contributed by atoms with E-state index in [0.29, 0.717) is 51.6 Å². The number of anilines is 4. The van der Waals surface area contributed by atoms with E-state index < -0.39 is 11.8 Å². The van der Waals surface area contributed by atoms with Crippen LogP contribution in [0.15, 0.2) is 71.1 Å². The number of hydrogen-bond donors (Lipinski definition) is 3. The lowest BCUT2D eigenvalue weighted by molar-refractivity contribution is -0.139. The number of nitrogens with two attached hydrogens (primary N) is 2. The van der Waals surface area contributed by atoms with Crippen LogP contribution >= 0.6 is 59.3 Å². The van der Waals surface area contributed by atoms with E-state index in [1.54, 1.807) is 113 Å². The molecule has 0 radical (unpaired) electrons. The molecule has 2 aromatic heterocycles. The van der Waals surface area contributed by atoms with E-state index >= 15 is 0 Å². The van der Waals surface area contributed by atoms with Crippen LogP contribution in [-0.4, -0.2) is 47.1 Å². The van der Waals surface area contributed by atoms with E-state index in [-0.39, 0.29) is 36.3 Å². The van der Waals surface area contributed by atoms with Gasteiger partial charge in [-0.25, -0.2) is 19.6 Å². The maximum Gasteiger partial charge on any atom is 0.336 e. The summed E-state index contributed by atoms with van der Waals surface area (Å²) in [5.74, 6) is -0.0677. The average Bonchev–Trinajstić information content (AvgIpc) is 0.734. The summed E-state index contributed by atoms with van der Waals surface area (Å²) in [5, 5.41) is 4.50. The lowest BCUT2D eigenvalue weighted by Crippen LogP contribution is -2.34. The molecule has 4 heterocycles. The van der Waals surface area contributed by atoms with Gasteiger partial charge in [0.1, 0.15) is 11.6 Å². The third kappa shape index (κ3) is 33.9. The Hall–Kier alpha value is 4.38. The molecule has 572 valence electrons. The molecule has 4 aliphatic rings. The van der Waals surface area contributed by atoms with E-state index in [1.165, 1.54) is 17.8 Å². The monoisotopic (exact) mass is 2260 g/mol. The Kier molecular flexibility index (Phi) is 54.8. The molecule has 10 nitrogen and oxygen atoms in total. The fourth-order valence-electron chi connectivity index (χ4n) is 9.86. The smallest absolute Gasteiger partial charge is 0.336 e. The molecule has 2 atom stereocenters. The minimum absolute atomic E-state index is 0. The van der Waals surface area contributed by atoms with Crippen LogP contribution in [0, 0.1) is 10.8 Å². The van der Waals surface area contributed by atoms with Gasteiger partial charge < -0.3 is 31.2 Å².